The largest absolute Gasteiger partial charge is 0.300 e. The van der Waals surface area contributed by atoms with E-state index in [1.807, 2.05) is 0 Å². The standard InChI is InChI=1S/C16H25N/c1-2-4-11-8-12-5-6-15-16(12)13(9-14(11)16)10-17(15)7-3-1/h11-15H,1-10H2/t11?,12?,13?,14?,15-,16?/m1/s1. The van der Waals surface area contributed by atoms with Crippen molar-refractivity contribution in [3.8, 4) is 0 Å². The Morgan fingerprint density at radius 3 is 2.88 bits per heavy atom. The highest BCUT2D eigenvalue weighted by atomic mass is 15.2. The molecule has 0 aromatic carbocycles. The summed E-state index contributed by atoms with van der Waals surface area (Å²) in [5, 5.41) is 0. The van der Waals surface area contributed by atoms with Crippen molar-refractivity contribution >= 4 is 0 Å². The van der Waals surface area contributed by atoms with Crippen LogP contribution in [0.2, 0.25) is 0 Å². The van der Waals surface area contributed by atoms with Crippen molar-refractivity contribution in [2.75, 3.05) is 13.1 Å². The van der Waals surface area contributed by atoms with E-state index in [-0.39, 0.29) is 0 Å². The van der Waals surface area contributed by atoms with E-state index < -0.39 is 0 Å². The number of hydrogen-bond acceptors (Lipinski definition) is 1. The maximum atomic E-state index is 2.94. The minimum Gasteiger partial charge on any atom is -0.300 e. The van der Waals surface area contributed by atoms with Gasteiger partial charge in [0.05, 0.1) is 0 Å². The summed E-state index contributed by atoms with van der Waals surface area (Å²) in [7, 11) is 0. The van der Waals surface area contributed by atoms with Crippen LogP contribution in [0, 0.1) is 29.1 Å². The van der Waals surface area contributed by atoms with Crippen LogP contribution in [0.3, 0.4) is 0 Å². The van der Waals surface area contributed by atoms with Crippen molar-refractivity contribution in [2.45, 2.75) is 57.4 Å². The zero-order valence-corrected chi connectivity index (χ0v) is 10.9. The maximum Gasteiger partial charge on any atom is 0.0160 e. The average molecular weight is 231 g/mol. The van der Waals surface area contributed by atoms with Gasteiger partial charge in [-0.15, -0.1) is 0 Å². The van der Waals surface area contributed by atoms with Crippen LogP contribution >= 0.6 is 0 Å². The third-order valence-corrected chi connectivity index (χ3v) is 7.53. The highest BCUT2D eigenvalue weighted by Gasteiger charge is 2.73. The molecule has 5 fully saturated rings. The molecule has 17 heavy (non-hydrogen) atoms. The van der Waals surface area contributed by atoms with Gasteiger partial charge in [-0.2, -0.15) is 0 Å². The summed E-state index contributed by atoms with van der Waals surface area (Å²) in [4.78, 5) is 2.94. The van der Waals surface area contributed by atoms with Crippen LogP contribution in [-0.2, 0) is 0 Å². The Hall–Kier alpha value is -0.0400. The smallest absolute Gasteiger partial charge is 0.0160 e. The van der Waals surface area contributed by atoms with Gasteiger partial charge in [-0.3, -0.25) is 4.90 Å². The predicted molar refractivity (Wildman–Crippen MR) is 68.7 cm³/mol. The van der Waals surface area contributed by atoms with Gasteiger partial charge in [-0.25, -0.2) is 0 Å². The molecule has 7 atom stereocenters. The lowest BCUT2D eigenvalue weighted by Crippen LogP contribution is -2.52. The predicted octanol–water partition coefficient (Wildman–Crippen LogP) is 3.30. The Labute approximate surface area is 105 Å². The molecule has 0 radical (unpaired) electrons. The molecule has 94 valence electrons. The van der Waals surface area contributed by atoms with Gasteiger partial charge in [-0.05, 0) is 67.7 Å². The highest BCUT2D eigenvalue weighted by Crippen LogP contribution is 2.76. The second-order valence-corrected chi connectivity index (χ2v) is 7.67. The Morgan fingerprint density at radius 1 is 0.882 bits per heavy atom. The summed E-state index contributed by atoms with van der Waals surface area (Å²) in [6, 6.07) is 1.04. The van der Waals surface area contributed by atoms with Gasteiger partial charge in [0, 0.05) is 12.6 Å². The lowest BCUT2D eigenvalue weighted by Gasteiger charge is -2.53. The van der Waals surface area contributed by atoms with Crippen LogP contribution in [0.25, 0.3) is 0 Å². The molecular weight excluding hydrogens is 206 g/mol. The summed E-state index contributed by atoms with van der Waals surface area (Å²) in [5.41, 5.74) is 0.877. The summed E-state index contributed by atoms with van der Waals surface area (Å²) in [6.45, 7) is 2.93. The van der Waals surface area contributed by atoms with Crippen LogP contribution in [0.15, 0.2) is 0 Å². The van der Waals surface area contributed by atoms with Gasteiger partial charge >= 0.3 is 0 Å². The van der Waals surface area contributed by atoms with Crippen molar-refractivity contribution in [1.29, 1.82) is 0 Å². The molecule has 0 aromatic heterocycles. The van der Waals surface area contributed by atoms with Crippen molar-refractivity contribution in [1.82, 2.24) is 4.90 Å². The number of nitrogens with zero attached hydrogens (tertiary/aromatic N) is 1. The van der Waals surface area contributed by atoms with E-state index >= 15 is 0 Å². The molecule has 0 N–H and O–H groups in total. The molecule has 0 amide bonds. The highest BCUT2D eigenvalue weighted by molar-refractivity contribution is 5.24. The van der Waals surface area contributed by atoms with Crippen molar-refractivity contribution in [3.63, 3.8) is 0 Å². The van der Waals surface area contributed by atoms with E-state index in [9.17, 15) is 0 Å². The first-order chi connectivity index (χ1) is 8.40. The monoisotopic (exact) mass is 231 g/mol. The Morgan fingerprint density at radius 2 is 1.88 bits per heavy atom. The lowest BCUT2D eigenvalue weighted by atomic mass is 9.51. The van der Waals surface area contributed by atoms with Crippen molar-refractivity contribution in [3.05, 3.63) is 0 Å². The fourth-order valence-corrected chi connectivity index (χ4v) is 7.20. The van der Waals surface area contributed by atoms with Gasteiger partial charge in [0.25, 0.3) is 0 Å². The normalized spacial score (nSPS) is 63.5. The summed E-state index contributed by atoms with van der Waals surface area (Å²) in [6.07, 6.45) is 12.5. The number of hydrogen-bond donors (Lipinski definition) is 0. The minimum absolute atomic E-state index is 0.877. The third-order valence-electron chi connectivity index (χ3n) is 7.53. The third kappa shape index (κ3) is 0.959. The molecule has 2 saturated heterocycles. The quantitative estimate of drug-likeness (QED) is 0.618. The Bertz CT molecular complexity index is 351. The zero-order valence-electron chi connectivity index (χ0n) is 10.9. The molecule has 2 aliphatic heterocycles. The molecule has 6 unspecified atom stereocenters. The minimum atomic E-state index is 0.877. The van der Waals surface area contributed by atoms with Crippen LogP contribution < -0.4 is 0 Å². The van der Waals surface area contributed by atoms with Crippen LogP contribution in [-0.4, -0.2) is 24.0 Å². The summed E-state index contributed by atoms with van der Waals surface area (Å²) < 4.78 is 0. The zero-order chi connectivity index (χ0) is 11.0. The van der Waals surface area contributed by atoms with Crippen molar-refractivity contribution in [2.24, 2.45) is 29.1 Å². The molecule has 1 spiro atoms. The van der Waals surface area contributed by atoms with Gasteiger partial charge in [0.1, 0.15) is 0 Å². The maximum absolute atomic E-state index is 2.94. The molecular formula is C16H25N. The van der Waals surface area contributed by atoms with Gasteiger partial charge in [-0.1, -0.05) is 19.3 Å². The average Bonchev–Trinajstić information content (AvgIpc) is 2.82. The SMILES string of the molecule is C1CCC2CC3CC[C@H]4N(CC1)CC1CC2C314. The molecule has 5 rings (SSSR count). The fourth-order valence-electron chi connectivity index (χ4n) is 7.20. The second kappa shape index (κ2) is 3.10. The first kappa shape index (κ1) is 9.83. The Balaban J connectivity index is 1.60. The topological polar surface area (TPSA) is 3.24 Å². The fraction of sp³-hybridized carbons (Fsp3) is 1.00. The lowest BCUT2D eigenvalue weighted by molar-refractivity contribution is -0.0421. The van der Waals surface area contributed by atoms with Crippen molar-refractivity contribution < 1.29 is 0 Å². The summed E-state index contributed by atoms with van der Waals surface area (Å²) >= 11 is 0. The first-order valence-corrected chi connectivity index (χ1v) is 8.14. The van der Waals surface area contributed by atoms with Gasteiger partial charge < -0.3 is 0 Å². The number of rotatable bonds is 0. The van der Waals surface area contributed by atoms with Crippen LogP contribution in [0.1, 0.15) is 51.4 Å². The Kier molecular flexibility index (Phi) is 1.79. The van der Waals surface area contributed by atoms with Gasteiger partial charge in [0.2, 0.25) is 0 Å². The molecule has 2 heterocycles. The second-order valence-electron chi connectivity index (χ2n) is 7.67. The molecule has 1 nitrogen and oxygen atoms in total. The van der Waals surface area contributed by atoms with Crippen LogP contribution in [0.4, 0.5) is 0 Å². The van der Waals surface area contributed by atoms with E-state index in [2.05, 4.69) is 4.90 Å². The van der Waals surface area contributed by atoms with Crippen LogP contribution in [0.5, 0.6) is 0 Å². The van der Waals surface area contributed by atoms with E-state index in [1.165, 1.54) is 38.3 Å². The van der Waals surface area contributed by atoms with E-state index in [0.717, 1.165) is 29.2 Å². The van der Waals surface area contributed by atoms with Gasteiger partial charge in [0.15, 0.2) is 0 Å². The molecule has 3 bridgehead atoms. The van der Waals surface area contributed by atoms with E-state index in [0.29, 0.717) is 0 Å². The molecule has 3 aliphatic carbocycles. The van der Waals surface area contributed by atoms with E-state index in [1.54, 1.807) is 32.1 Å². The summed E-state index contributed by atoms with van der Waals surface area (Å²) in [5.74, 6) is 4.61. The molecule has 5 aliphatic rings. The molecule has 3 saturated carbocycles. The first-order valence-electron chi connectivity index (χ1n) is 8.14. The van der Waals surface area contributed by atoms with E-state index in [4.69, 9.17) is 0 Å². The molecule has 1 heteroatoms. The molecule has 0 aromatic rings.